The van der Waals surface area contributed by atoms with Crippen molar-refractivity contribution in [3.05, 3.63) is 24.0 Å². The molecule has 2 heterocycles. The molecule has 2 rings (SSSR count). The lowest BCUT2D eigenvalue weighted by molar-refractivity contribution is 0.598. The standard InChI is InChI=1S/C10H12N2O2S/c1-3-15(13,14)9-6-7(2)12-10-8(9)4-5-11-10/h4-6H,3H2,1-2H3,(H,11,12). The van der Waals surface area contributed by atoms with Gasteiger partial charge in [-0.05, 0) is 19.1 Å². The van der Waals surface area contributed by atoms with E-state index in [0.29, 0.717) is 21.6 Å². The fourth-order valence-corrected chi connectivity index (χ4v) is 2.70. The van der Waals surface area contributed by atoms with E-state index >= 15 is 0 Å². The third kappa shape index (κ3) is 1.63. The minimum Gasteiger partial charge on any atom is -0.346 e. The predicted octanol–water partition coefficient (Wildman–Crippen LogP) is 1.66. The highest BCUT2D eigenvalue weighted by Crippen LogP contribution is 2.22. The monoisotopic (exact) mass is 224 g/mol. The van der Waals surface area contributed by atoms with Crippen LogP contribution in [-0.4, -0.2) is 24.1 Å². The molecule has 0 fully saturated rings. The van der Waals surface area contributed by atoms with Gasteiger partial charge in [0.1, 0.15) is 5.65 Å². The molecule has 2 aromatic heterocycles. The minimum atomic E-state index is -3.18. The Labute approximate surface area is 88.3 Å². The van der Waals surface area contributed by atoms with Crippen molar-refractivity contribution in [2.45, 2.75) is 18.7 Å². The largest absolute Gasteiger partial charge is 0.346 e. The lowest BCUT2D eigenvalue weighted by atomic mass is 10.3. The lowest BCUT2D eigenvalue weighted by Gasteiger charge is -2.04. The number of aryl methyl sites for hydroxylation is 1. The highest BCUT2D eigenvalue weighted by atomic mass is 32.2. The van der Waals surface area contributed by atoms with Gasteiger partial charge in [-0.3, -0.25) is 0 Å². The number of nitrogens with zero attached hydrogens (tertiary/aromatic N) is 1. The molecule has 0 radical (unpaired) electrons. The van der Waals surface area contributed by atoms with Crippen molar-refractivity contribution >= 4 is 20.9 Å². The number of hydrogen-bond acceptors (Lipinski definition) is 3. The highest BCUT2D eigenvalue weighted by Gasteiger charge is 2.16. The van der Waals surface area contributed by atoms with E-state index in [1.54, 1.807) is 32.2 Å². The molecule has 2 aromatic rings. The number of hydrogen-bond donors (Lipinski definition) is 1. The summed E-state index contributed by atoms with van der Waals surface area (Å²) < 4.78 is 23.6. The van der Waals surface area contributed by atoms with Gasteiger partial charge in [-0.2, -0.15) is 0 Å². The third-order valence-corrected chi connectivity index (χ3v) is 4.10. The first-order valence-electron chi connectivity index (χ1n) is 4.72. The smallest absolute Gasteiger partial charge is 0.178 e. The predicted molar refractivity (Wildman–Crippen MR) is 58.6 cm³/mol. The molecular weight excluding hydrogens is 212 g/mol. The van der Waals surface area contributed by atoms with Gasteiger partial charge in [-0.25, -0.2) is 13.4 Å². The van der Waals surface area contributed by atoms with Crippen molar-refractivity contribution in [3.8, 4) is 0 Å². The molecular formula is C10H12N2O2S. The molecule has 0 amide bonds. The molecule has 1 N–H and O–H groups in total. The second-order valence-corrected chi connectivity index (χ2v) is 5.65. The normalized spacial score (nSPS) is 12.1. The molecule has 0 aliphatic carbocycles. The lowest BCUT2D eigenvalue weighted by Crippen LogP contribution is -2.05. The molecule has 0 spiro atoms. The Balaban J connectivity index is 2.85. The molecule has 15 heavy (non-hydrogen) atoms. The molecule has 0 unspecified atom stereocenters. The number of rotatable bonds is 2. The van der Waals surface area contributed by atoms with Crippen LogP contribution in [0.15, 0.2) is 23.2 Å². The van der Waals surface area contributed by atoms with E-state index in [4.69, 9.17) is 0 Å². The van der Waals surface area contributed by atoms with Gasteiger partial charge in [-0.15, -0.1) is 0 Å². The molecule has 0 aromatic carbocycles. The summed E-state index contributed by atoms with van der Waals surface area (Å²) in [6.45, 7) is 3.43. The average Bonchev–Trinajstić information content (AvgIpc) is 2.63. The van der Waals surface area contributed by atoms with Gasteiger partial charge in [-0.1, -0.05) is 6.92 Å². The van der Waals surface area contributed by atoms with Crippen LogP contribution in [0.5, 0.6) is 0 Å². The van der Waals surface area contributed by atoms with E-state index in [9.17, 15) is 8.42 Å². The molecule has 5 heteroatoms. The van der Waals surface area contributed by atoms with Crippen LogP contribution in [0, 0.1) is 6.92 Å². The summed E-state index contributed by atoms with van der Waals surface area (Å²) >= 11 is 0. The zero-order valence-electron chi connectivity index (χ0n) is 8.61. The first-order chi connectivity index (χ1) is 7.04. The molecule has 0 bridgehead atoms. The quantitative estimate of drug-likeness (QED) is 0.843. The van der Waals surface area contributed by atoms with Gasteiger partial charge in [0.25, 0.3) is 0 Å². The number of aromatic amines is 1. The second-order valence-electron chi connectivity index (χ2n) is 3.41. The van der Waals surface area contributed by atoms with E-state index in [0.717, 1.165) is 0 Å². The van der Waals surface area contributed by atoms with Crippen molar-refractivity contribution in [1.82, 2.24) is 9.97 Å². The van der Waals surface area contributed by atoms with Gasteiger partial charge in [0.05, 0.1) is 10.6 Å². The van der Waals surface area contributed by atoms with Crippen molar-refractivity contribution in [2.75, 3.05) is 5.75 Å². The number of sulfone groups is 1. The summed E-state index contributed by atoms with van der Waals surface area (Å²) in [5.74, 6) is 0.108. The second kappa shape index (κ2) is 3.34. The molecule has 0 saturated heterocycles. The Hall–Kier alpha value is -1.36. The van der Waals surface area contributed by atoms with Crippen LogP contribution in [0.4, 0.5) is 0 Å². The average molecular weight is 224 g/mol. The van der Waals surface area contributed by atoms with Crippen LogP contribution in [0.25, 0.3) is 11.0 Å². The van der Waals surface area contributed by atoms with Crippen LogP contribution >= 0.6 is 0 Å². The molecule has 80 valence electrons. The fourth-order valence-electron chi connectivity index (χ4n) is 1.54. The van der Waals surface area contributed by atoms with Gasteiger partial charge in [0, 0.05) is 17.3 Å². The Morgan fingerprint density at radius 2 is 2.20 bits per heavy atom. The SMILES string of the molecule is CCS(=O)(=O)c1cc(C)nc2[nH]ccc12. The van der Waals surface area contributed by atoms with Crippen molar-refractivity contribution < 1.29 is 8.42 Å². The van der Waals surface area contributed by atoms with Crippen molar-refractivity contribution in [1.29, 1.82) is 0 Å². The van der Waals surface area contributed by atoms with E-state index in [-0.39, 0.29) is 5.75 Å². The van der Waals surface area contributed by atoms with E-state index in [1.165, 1.54) is 0 Å². The van der Waals surface area contributed by atoms with E-state index in [1.807, 2.05) is 0 Å². The summed E-state index contributed by atoms with van der Waals surface area (Å²) in [4.78, 5) is 7.51. The zero-order valence-corrected chi connectivity index (χ0v) is 9.43. The number of fused-ring (bicyclic) bond motifs is 1. The first-order valence-corrected chi connectivity index (χ1v) is 6.37. The van der Waals surface area contributed by atoms with Crippen LogP contribution in [0.3, 0.4) is 0 Å². The van der Waals surface area contributed by atoms with Gasteiger partial charge in [0.15, 0.2) is 9.84 Å². The molecule has 0 aliphatic rings. The molecule has 0 atom stereocenters. The van der Waals surface area contributed by atoms with E-state index < -0.39 is 9.84 Å². The van der Waals surface area contributed by atoms with Gasteiger partial charge < -0.3 is 4.98 Å². The third-order valence-electron chi connectivity index (χ3n) is 2.33. The van der Waals surface area contributed by atoms with Crippen LogP contribution < -0.4 is 0 Å². The van der Waals surface area contributed by atoms with Crippen LogP contribution in [0.1, 0.15) is 12.6 Å². The Bertz CT molecular complexity index is 599. The van der Waals surface area contributed by atoms with E-state index in [2.05, 4.69) is 9.97 Å². The summed E-state index contributed by atoms with van der Waals surface area (Å²) in [5.41, 5.74) is 1.33. The number of nitrogens with one attached hydrogen (secondary N) is 1. The fraction of sp³-hybridized carbons (Fsp3) is 0.300. The topological polar surface area (TPSA) is 62.8 Å². The summed E-state index contributed by atoms with van der Waals surface area (Å²) in [5, 5.41) is 0.669. The Kier molecular flexibility index (Phi) is 2.26. The molecule has 0 saturated carbocycles. The molecule has 0 aliphatic heterocycles. The van der Waals surface area contributed by atoms with Gasteiger partial charge >= 0.3 is 0 Å². The molecule has 4 nitrogen and oxygen atoms in total. The van der Waals surface area contributed by atoms with Gasteiger partial charge in [0.2, 0.25) is 0 Å². The highest BCUT2D eigenvalue weighted by molar-refractivity contribution is 7.91. The Morgan fingerprint density at radius 1 is 1.47 bits per heavy atom. The maximum Gasteiger partial charge on any atom is 0.178 e. The summed E-state index contributed by atoms with van der Waals surface area (Å²) in [6.07, 6.45) is 1.70. The summed E-state index contributed by atoms with van der Waals surface area (Å²) in [7, 11) is -3.18. The maximum absolute atomic E-state index is 11.8. The first kappa shape index (κ1) is 10.2. The Morgan fingerprint density at radius 3 is 2.87 bits per heavy atom. The zero-order chi connectivity index (χ0) is 11.1. The number of H-pyrrole nitrogens is 1. The van der Waals surface area contributed by atoms with Crippen molar-refractivity contribution in [3.63, 3.8) is 0 Å². The minimum absolute atomic E-state index is 0.108. The van der Waals surface area contributed by atoms with Crippen molar-refractivity contribution in [2.24, 2.45) is 0 Å². The summed E-state index contributed by atoms with van der Waals surface area (Å²) in [6, 6.07) is 3.36. The maximum atomic E-state index is 11.8. The van der Waals surface area contributed by atoms with Crippen LogP contribution in [-0.2, 0) is 9.84 Å². The number of aromatic nitrogens is 2. The number of pyridine rings is 1. The van der Waals surface area contributed by atoms with Crippen LogP contribution in [0.2, 0.25) is 0 Å².